The summed E-state index contributed by atoms with van der Waals surface area (Å²) in [5.41, 5.74) is 2.98. The van der Waals surface area contributed by atoms with Crippen LogP contribution >= 0.6 is 11.8 Å². The van der Waals surface area contributed by atoms with Gasteiger partial charge in [0.25, 0.3) is 5.69 Å². The van der Waals surface area contributed by atoms with E-state index in [1.165, 1.54) is 22.6 Å². The van der Waals surface area contributed by atoms with Crippen molar-refractivity contribution in [1.82, 2.24) is 0 Å². The Kier molecular flexibility index (Phi) is 5.26. The minimum absolute atomic E-state index is 0.0661. The van der Waals surface area contributed by atoms with E-state index in [4.69, 9.17) is 0 Å². The molecule has 3 rings (SSSR count). The Morgan fingerprint density at radius 2 is 1.44 bits per heavy atom. The Morgan fingerprint density at radius 1 is 0.880 bits per heavy atom. The summed E-state index contributed by atoms with van der Waals surface area (Å²) in [6.07, 6.45) is 1.75. The zero-order valence-electron chi connectivity index (χ0n) is 13.6. The third kappa shape index (κ3) is 4.78. The lowest BCUT2D eigenvalue weighted by Crippen LogP contribution is -1.86. The third-order valence-electron chi connectivity index (χ3n) is 3.56. The van der Waals surface area contributed by atoms with Crippen LogP contribution in [0.3, 0.4) is 0 Å². The van der Waals surface area contributed by atoms with Gasteiger partial charge in [0, 0.05) is 28.1 Å². The van der Waals surface area contributed by atoms with Crippen molar-refractivity contribution in [2.24, 2.45) is 4.99 Å². The number of rotatable bonds is 5. The van der Waals surface area contributed by atoms with E-state index in [0.717, 1.165) is 10.5 Å². The lowest BCUT2D eigenvalue weighted by molar-refractivity contribution is -0.384. The molecular formula is C20H16N2O2S. The molecule has 0 aliphatic carbocycles. The molecule has 0 bridgehead atoms. The van der Waals surface area contributed by atoms with Crippen molar-refractivity contribution in [2.45, 2.75) is 16.7 Å². The SMILES string of the molecule is Cc1ccc(Sc2ccc(C=Nc3ccc([N+](=O)[O-])cc3)cc2)cc1. The Bertz CT molecular complexity index is 886. The van der Waals surface area contributed by atoms with Crippen LogP contribution in [0.4, 0.5) is 11.4 Å². The number of nitrogens with zero attached hydrogens (tertiary/aromatic N) is 2. The van der Waals surface area contributed by atoms with Crippen molar-refractivity contribution in [3.05, 3.63) is 94.0 Å². The van der Waals surface area contributed by atoms with Crippen molar-refractivity contribution in [2.75, 3.05) is 0 Å². The van der Waals surface area contributed by atoms with Gasteiger partial charge >= 0.3 is 0 Å². The number of hydrogen-bond acceptors (Lipinski definition) is 4. The highest BCUT2D eigenvalue weighted by Crippen LogP contribution is 2.27. The highest BCUT2D eigenvalue weighted by molar-refractivity contribution is 7.99. The number of hydrogen-bond donors (Lipinski definition) is 0. The summed E-state index contributed by atoms with van der Waals surface area (Å²) in [6, 6.07) is 22.7. The summed E-state index contributed by atoms with van der Waals surface area (Å²) in [6.45, 7) is 2.08. The van der Waals surface area contributed by atoms with Gasteiger partial charge in [-0.1, -0.05) is 41.6 Å². The summed E-state index contributed by atoms with van der Waals surface area (Å²) < 4.78 is 0. The minimum atomic E-state index is -0.419. The molecule has 5 heteroatoms. The molecule has 0 aromatic heterocycles. The van der Waals surface area contributed by atoms with Crippen molar-refractivity contribution < 1.29 is 4.92 Å². The van der Waals surface area contributed by atoms with Crippen LogP contribution in [0, 0.1) is 17.0 Å². The van der Waals surface area contributed by atoms with Gasteiger partial charge in [-0.05, 0) is 48.9 Å². The fraction of sp³-hybridized carbons (Fsp3) is 0.0500. The average molecular weight is 348 g/mol. The van der Waals surface area contributed by atoms with Gasteiger partial charge in [0.05, 0.1) is 10.6 Å². The lowest BCUT2D eigenvalue weighted by atomic mass is 10.2. The summed E-state index contributed by atoms with van der Waals surface area (Å²) in [5, 5.41) is 10.6. The molecule has 124 valence electrons. The van der Waals surface area contributed by atoms with E-state index in [0.29, 0.717) is 5.69 Å². The molecule has 0 atom stereocenters. The molecule has 25 heavy (non-hydrogen) atoms. The molecule has 0 amide bonds. The van der Waals surface area contributed by atoms with Gasteiger partial charge in [-0.3, -0.25) is 15.1 Å². The largest absolute Gasteiger partial charge is 0.269 e. The molecule has 0 unspecified atom stereocenters. The zero-order chi connectivity index (χ0) is 17.6. The second-order valence-electron chi connectivity index (χ2n) is 5.52. The second-order valence-corrected chi connectivity index (χ2v) is 6.66. The summed E-state index contributed by atoms with van der Waals surface area (Å²) in [4.78, 5) is 16.9. The maximum Gasteiger partial charge on any atom is 0.269 e. The summed E-state index contributed by atoms with van der Waals surface area (Å²) in [5.74, 6) is 0. The molecule has 0 radical (unpaired) electrons. The predicted octanol–water partition coefficient (Wildman–Crippen LogP) is 5.81. The molecule has 0 saturated carbocycles. The normalized spacial score (nSPS) is 10.9. The molecule has 0 saturated heterocycles. The van der Waals surface area contributed by atoms with Crippen LogP contribution in [0.2, 0.25) is 0 Å². The molecule has 0 aliphatic heterocycles. The Morgan fingerprint density at radius 3 is 2.00 bits per heavy atom. The Balaban J connectivity index is 1.65. The number of benzene rings is 3. The molecule has 0 aliphatic rings. The van der Waals surface area contributed by atoms with Gasteiger partial charge in [0.2, 0.25) is 0 Å². The van der Waals surface area contributed by atoms with Gasteiger partial charge in [-0.15, -0.1) is 0 Å². The molecule has 0 fully saturated rings. The van der Waals surface area contributed by atoms with Crippen molar-refractivity contribution >= 4 is 29.4 Å². The van der Waals surface area contributed by atoms with E-state index in [9.17, 15) is 10.1 Å². The van der Waals surface area contributed by atoms with Crippen LogP contribution in [0.5, 0.6) is 0 Å². The van der Waals surface area contributed by atoms with Gasteiger partial charge in [-0.2, -0.15) is 0 Å². The third-order valence-corrected chi connectivity index (χ3v) is 4.58. The monoisotopic (exact) mass is 348 g/mol. The first kappa shape index (κ1) is 16.9. The zero-order valence-corrected chi connectivity index (χ0v) is 14.4. The lowest BCUT2D eigenvalue weighted by Gasteiger charge is -2.02. The maximum atomic E-state index is 10.6. The predicted molar refractivity (Wildman–Crippen MR) is 102 cm³/mol. The number of aryl methyl sites for hydroxylation is 1. The quantitative estimate of drug-likeness (QED) is 0.332. The number of nitro benzene ring substituents is 1. The molecule has 3 aromatic rings. The van der Waals surface area contributed by atoms with Gasteiger partial charge < -0.3 is 0 Å². The van der Waals surface area contributed by atoms with Crippen LogP contribution in [-0.2, 0) is 0 Å². The first-order valence-corrected chi connectivity index (χ1v) is 8.55. The highest BCUT2D eigenvalue weighted by Gasteiger charge is 2.02. The van der Waals surface area contributed by atoms with E-state index in [2.05, 4.69) is 48.3 Å². The van der Waals surface area contributed by atoms with Gasteiger partial charge in [0.15, 0.2) is 0 Å². The van der Waals surface area contributed by atoms with E-state index >= 15 is 0 Å². The molecule has 0 heterocycles. The maximum absolute atomic E-state index is 10.6. The van der Waals surface area contributed by atoms with Gasteiger partial charge in [-0.25, -0.2) is 0 Å². The van der Waals surface area contributed by atoms with Gasteiger partial charge in [0.1, 0.15) is 0 Å². The van der Waals surface area contributed by atoms with Crippen LogP contribution in [-0.4, -0.2) is 11.1 Å². The smallest absolute Gasteiger partial charge is 0.258 e. The Labute approximate surface area is 150 Å². The topological polar surface area (TPSA) is 55.5 Å². The Hall–Kier alpha value is -2.92. The van der Waals surface area contributed by atoms with Crippen molar-refractivity contribution in [3.63, 3.8) is 0 Å². The molecule has 0 N–H and O–H groups in total. The number of non-ortho nitro benzene ring substituents is 1. The first-order chi connectivity index (χ1) is 12.1. The molecular weight excluding hydrogens is 332 g/mol. The summed E-state index contributed by atoms with van der Waals surface area (Å²) >= 11 is 1.72. The van der Waals surface area contributed by atoms with E-state index in [1.54, 1.807) is 30.1 Å². The first-order valence-electron chi connectivity index (χ1n) is 7.73. The molecule has 0 spiro atoms. The average Bonchev–Trinajstić information content (AvgIpc) is 2.63. The number of aliphatic imine (C=N–C) groups is 1. The van der Waals surface area contributed by atoms with Crippen LogP contribution in [0.25, 0.3) is 0 Å². The van der Waals surface area contributed by atoms with E-state index in [-0.39, 0.29) is 5.69 Å². The van der Waals surface area contributed by atoms with Crippen LogP contribution < -0.4 is 0 Å². The standard InChI is InChI=1S/C20H16N2O2S/c1-15-2-10-19(11-3-15)25-20-12-4-16(5-13-20)14-21-17-6-8-18(9-7-17)22(23)24/h2-14H,1H3. The molecule has 3 aromatic carbocycles. The van der Waals surface area contributed by atoms with E-state index in [1.807, 2.05) is 12.1 Å². The van der Waals surface area contributed by atoms with Crippen LogP contribution in [0.15, 0.2) is 87.6 Å². The summed E-state index contributed by atoms with van der Waals surface area (Å²) in [7, 11) is 0. The van der Waals surface area contributed by atoms with E-state index < -0.39 is 4.92 Å². The minimum Gasteiger partial charge on any atom is -0.258 e. The van der Waals surface area contributed by atoms with Crippen LogP contribution in [0.1, 0.15) is 11.1 Å². The fourth-order valence-electron chi connectivity index (χ4n) is 2.17. The van der Waals surface area contributed by atoms with Crippen molar-refractivity contribution in [1.29, 1.82) is 0 Å². The fourth-order valence-corrected chi connectivity index (χ4v) is 2.99. The second kappa shape index (κ2) is 7.77. The van der Waals surface area contributed by atoms with Crippen molar-refractivity contribution in [3.8, 4) is 0 Å². The highest BCUT2D eigenvalue weighted by atomic mass is 32.2. The number of nitro groups is 1. The molecule has 4 nitrogen and oxygen atoms in total.